The van der Waals surface area contributed by atoms with Gasteiger partial charge >= 0.3 is 0 Å². The lowest BCUT2D eigenvalue weighted by Gasteiger charge is -2.26. The van der Waals surface area contributed by atoms with Gasteiger partial charge in [0, 0.05) is 0 Å². The van der Waals surface area contributed by atoms with Gasteiger partial charge in [0.1, 0.15) is 13.2 Å². The van der Waals surface area contributed by atoms with Gasteiger partial charge in [-0.3, -0.25) is 9.10 Å². The molecule has 8 nitrogen and oxygen atoms in total. The normalized spacial score (nSPS) is 11.2. The SMILES string of the molecule is C=CCOc1ccc(/C=N\NC(=O)CN(c2cccc(C)c2C)S(=O)(=O)c2ccc(C)cc2)cc1OC. The van der Waals surface area contributed by atoms with Gasteiger partial charge in [-0.15, -0.1) is 0 Å². The van der Waals surface area contributed by atoms with Gasteiger partial charge < -0.3 is 9.47 Å². The molecule has 0 radical (unpaired) electrons. The number of anilines is 1. The molecule has 0 aliphatic heterocycles. The number of nitrogens with zero attached hydrogens (tertiary/aromatic N) is 2. The summed E-state index contributed by atoms with van der Waals surface area (Å²) < 4.78 is 39.2. The summed E-state index contributed by atoms with van der Waals surface area (Å²) in [6, 6.07) is 17.0. The van der Waals surface area contributed by atoms with Gasteiger partial charge in [0.2, 0.25) is 0 Å². The molecular formula is C28H31N3O5S. The van der Waals surface area contributed by atoms with Crippen molar-refractivity contribution < 1.29 is 22.7 Å². The van der Waals surface area contributed by atoms with Crippen LogP contribution in [0.25, 0.3) is 0 Å². The van der Waals surface area contributed by atoms with E-state index >= 15 is 0 Å². The molecule has 3 rings (SSSR count). The Balaban J connectivity index is 1.83. The van der Waals surface area contributed by atoms with Gasteiger partial charge in [-0.25, -0.2) is 13.8 Å². The molecule has 0 fully saturated rings. The number of hydrogen-bond donors (Lipinski definition) is 1. The van der Waals surface area contributed by atoms with Gasteiger partial charge in [-0.05, 0) is 73.9 Å². The fraction of sp³-hybridized carbons (Fsp3) is 0.214. The summed E-state index contributed by atoms with van der Waals surface area (Å²) in [6.07, 6.45) is 3.07. The smallest absolute Gasteiger partial charge is 0.264 e. The van der Waals surface area contributed by atoms with E-state index in [-0.39, 0.29) is 4.90 Å². The average Bonchev–Trinajstić information content (AvgIpc) is 2.88. The second kappa shape index (κ2) is 12.2. The first-order valence-electron chi connectivity index (χ1n) is 11.6. The highest BCUT2D eigenvalue weighted by Gasteiger charge is 2.28. The van der Waals surface area contributed by atoms with Crippen LogP contribution in [0.5, 0.6) is 11.5 Å². The fourth-order valence-electron chi connectivity index (χ4n) is 3.52. The number of hydrazone groups is 1. The summed E-state index contributed by atoms with van der Waals surface area (Å²) in [5.41, 5.74) is 6.12. The minimum Gasteiger partial charge on any atom is -0.493 e. The van der Waals surface area contributed by atoms with Crippen LogP contribution in [0.4, 0.5) is 5.69 Å². The molecule has 0 atom stereocenters. The van der Waals surface area contributed by atoms with E-state index in [1.54, 1.807) is 48.5 Å². The molecule has 0 spiro atoms. The van der Waals surface area contributed by atoms with Crippen molar-refractivity contribution in [2.75, 3.05) is 24.6 Å². The number of methoxy groups -OCH3 is 1. The quantitative estimate of drug-likeness (QED) is 0.227. The van der Waals surface area contributed by atoms with Gasteiger partial charge in [-0.1, -0.05) is 42.5 Å². The molecule has 0 aliphatic carbocycles. The van der Waals surface area contributed by atoms with E-state index < -0.39 is 22.5 Å². The van der Waals surface area contributed by atoms with Crippen molar-refractivity contribution in [3.8, 4) is 11.5 Å². The van der Waals surface area contributed by atoms with E-state index in [0.29, 0.717) is 29.4 Å². The van der Waals surface area contributed by atoms with Crippen molar-refractivity contribution in [3.05, 3.63) is 95.6 Å². The second-order valence-electron chi connectivity index (χ2n) is 8.35. The molecule has 1 N–H and O–H groups in total. The lowest BCUT2D eigenvalue weighted by Crippen LogP contribution is -2.40. The standard InChI is InChI=1S/C28H31N3O5S/c1-6-16-36-26-15-12-23(17-27(26)35-5)18-29-30-28(32)19-31(25-9-7-8-21(3)22(25)4)37(33,34)24-13-10-20(2)11-14-24/h6-15,17-18H,1,16,19H2,2-5H3,(H,30,32)/b29-18-. The summed E-state index contributed by atoms with van der Waals surface area (Å²) >= 11 is 0. The van der Waals surface area contributed by atoms with Crippen LogP contribution in [-0.2, 0) is 14.8 Å². The van der Waals surface area contributed by atoms with Crippen molar-refractivity contribution >= 4 is 27.8 Å². The van der Waals surface area contributed by atoms with Crippen LogP contribution in [0.3, 0.4) is 0 Å². The lowest BCUT2D eigenvalue weighted by molar-refractivity contribution is -0.119. The van der Waals surface area contributed by atoms with Gasteiger partial charge in [0.25, 0.3) is 15.9 Å². The van der Waals surface area contributed by atoms with Gasteiger partial charge in [-0.2, -0.15) is 5.10 Å². The number of nitrogens with one attached hydrogen (secondary N) is 1. The van der Waals surface area contributed by atoms with Crippen molar-refractivity contribution in [1.82, 2.24) is 5.43 Å². The first kappa shape index (κ1) is 27.5. The maximum atomic E-state index is 13.6. The Hall–Kier alpha value is -4.11. The summed E-state index contributed by atoms with van der Waals surface area (Å²) in [7, 11) is -2.50. The minimum atomic E-state index is -4.02. The van der Waals surface area contributed by atoms with E-state index in [1.807, 2.05) is 26.8 Å². The Bertz CT molecular complexity index is 1400. The van der Waals surface area contributed by atoms with Crippen LogP contribution in [-0.4, -0.2) is 40.8 Å². The zero-order chi connectivity index (χ0) is 27.0. The summed E-state index contributed by atoms with van der Waals surface area (Å²) in [4.78, 5) is 13.0. The van der Waals surface area contributed by atoms with Crippen LogP contribution >= 0.6 is 0 Å². The van der Waals surface area contributed by atoms with Crippen LogP contribution in [0.15, 0.2) is 83.3 Å². The monoisotopic (exact) mass is 521 g/mol. The zero-order valence-corrected chi connectivity index (χ0v) is 22.2. The molecule has 0 saturated carbocycles. The molecule has 0 unspecified atom stereocenters. The Kier molecular flexibility index (Phi) is 9.08. The summed E-state index contributed by atoms with van der Waals surface area (Å²) in [5.74, 6) is 0.460. The minimum absolute atomic E-state index is 0.0983. The molecule has 9 heteroatoms. The number of hydrogen-bond acceptors (Lipinski definition) is 6. The molecule has 3 aromatic rings. The third-order valence-electron chi connectivity index (χ3n) is 5.69. The average molecular weight is 522 g/mol. The van der Waals surface area contributed by atoms with E-state index in [9.17, 15) is 13.2 Å². The van der Waals surface area contributed by atoms with Crippen LogP contribution in [0.2, 0.25) is 0 Å². The van der Waals surface area contributed by atoms with E-state index in [2.05, 4.69) is 17.1 Å². The number of carbonyl (C=O) groups is 1. The number of aryl methyl sites for hydroxylation is 2. The topological polar surface area (TPSA) is 97.3 Å². The molecule has 3 aromatic carbocycles. The third kappa shape index (κ3) is 6.77. The Morgan fingerprint density at radius 3 is 2.46 bits per heavy atom. The highest BCUT2D eigenvalue weighted by Crippen LogP contribution is 2.29. The lowest BCUT2D eigenvalue weighted by atomic mass is 10.1. The van der Waals surface area contributed by atoms with Gasteiger partial charge in [0.15, 0.2) is 11.5 Å². The van der Waals surface area contributed by atoms with Crippen molar-refractivity contribution in [1.29, 1.82) is 0 Å². The largest absolute Gasteiger partial charge is 0.493 e. The molecule has 1 amide bonds. The molecule has 0 heterocycles. The van der Waals surface area contributed by atoms with Crippen molar-refractivity contribution in [2.45, 2.75) is 25.7 Å². The Morgan fingerprint density at radius 1 is 1.05 bits per heavy atom. The summed E-state index contributed by atoms with van der Waals surface area (Å²) in [5, 5.41) is 4.00. The van der Waals surface area contributed by atoms with Crippen LogP contribution < -0.4 is 19.2 Å². The summed E-state index contributed by atoms with van der Waals surface area (Å²) in [6.45, 7) is 9.10. The first-order valence-corrected chi connectivity index (χ1v) is 13.0. The van der Waals surface area contributed by atoms with E-state index in [4.69, 9.17) is 9.47 Å². The number of sulfonamides is 1. The number of amides is 1. The number of rotatable bonds is 11. The predicted molar refractivity (Wildman–Crippen MR) is 146 cm³/mol. The molecule has 0 aromatic heterocycles. The van der Waals surface area contributed by atoms with Crippen molar-refractivity contribution in [2.24, 2.45) is 5.10 Å². The second-order valence-corrected chi connectivity index (χ2v) is 10.2. The predicted octanol–water partition coefficient (Wildman–Crippen LogP) is 4.53. The molecule has 194 valence electrons. The Labute approximate surface area is 218 Å². The highest BCUT2D eigenvalue weighted by molar-refractivity contribution is 7.92. The molecular weight excluding hydrogens is 490 g/mol. The maximum Gasteiger partial charge on any atom is 0.264 e. The third-order valence-corrected chi connectivity index (χ3v) is 7.46. The zero-order valence-electron chi connectivity index (χ0n) is 21.4. The highest BCUT2D eigenvalue weighted by atomic mass is 32.2. The number of carbonyl (C=O) groups excluding carboxylic acids is 1. The maximum absolute atomic E-state index is 13.6. The molecule has 0 saturated heterocycles. The molecule has 0 bridgehead atoms. The molecule has 37 heavy (non-hydrogen) atoms. The fourth-order valence-corrected chi connectivity index (χ4v) is 5.00. The molecule has 0 aliphatic rings. The first-order chi connectivity index (χ1) is 17.7. The van der Waals surface area contributed by atoms with Gasteiger partial charge in [0.05, 0.1) is 23.9 Å². The van der Waals surface area contributed by atoms with Crippen molar-refractivity contribution in [3.63, 3.8) is 0 Å². The van der Waals surface area contributed by atoms with E-state index in [1.165, 1.54) is 25.5 Å². The van der Waals surface area contributed by atoms with E-state index in [0.717, 1.165) is 21.0 Å². The number of benzene rings is 3. The van der Waals surface area contributed by atoms with Crippen LogP contribution in [0.1, 0.15) is 22.3 Å². The number of ether oxygens (including phenoxy) is 2. The Morgan fingerprint density at radius 2 is 1.78 bits per heavy atom. The van der Waals surface area contributed by atoms with Crippen LogP contribution in [0, 0.1) is 20.8 Å².